The molecule has 1 fully saturated rings. The lowest BCUT2D eigenvalue weighted by atomic mass is 9.96. The number of hydrogen-bond acceptors (Lipinski definition) is 2. The number of piperazine rings is 1. The fourth-order valence-electron chi connectivity index (χ4n) is 2.94. The van der Waals surface area contributed by atoms with Crippen molar-refractivity contribution in [1.29, 1.82) is 0 Å². The highest BCUT2D eigenvalue weighted by atomic mass is 35.5. The maximum atomic E-state index is 14.5. The highest BCUT2D eigenvalue weighted by Gasteiger charge is 2.34. The standard InChI is InChI=1S/C16H21ClF4N2/c1-2-3-4-14(23-7-5-22-6-8-23)12-9-11(16(19,20)21)10-13(17)15(12)18/h9-10,14,22H,2-8H2,1H3/t14-/m1/s1. The van der Waals surface area contributed by atoms with E-state index in [9.17, 15) is 17.6 Å². The molecule has 0 amide bonds. The van der Waals surface area contributed by atoms with Crippen LogP contribution in [0.2, 0.25) is 5.02 Å². The van der Waals surface area contributed by atoms with E-state index in [-0.39, 0.29) is 11.6 Å². The van der Waals surface area contributed by atoms with Gasteiger partial charge in [-0.05, 0) is 18.6 Å². The van der Waals surface area contributed by atoms with E-state index in [0.29, 0.717) is 25.6 Å². The highest BCUT2D eigenvalue weighted by Crippen LogP contribution is 2.38. The fraction of sp³-hybridized carbons (Fsp3) is 0.625. The van der Waals surface area contributed by atoms with Gasteiger partial charge in [0.1, 0.15) is 5.82 Å². The summed E-state index contributed by atoms with van der Waals surface area (Å²) in [6, 6.07) is 1.20. The van der Waals surface area contributed by atoms with Gasteiger partial charge in [0.05, 0.1) is 10.6 Å². The van der Waals surface area contributed by atoms with Crippen LogP contribution in [0.1, 0.15) is 43.4 Å². The summed E-state index contributed by atoms with van der Waals surface area (Å²) in [6.07, 6.45) is -2.20. The molecule has 0 bridgehead atoms. The Balaban J connectivity index is 2.41. The molecule has 1 aliphatic rings. The highest BCUT2D eigenvalue weighted by molar-refractivity contribution is 6.30. The quantitative estimate of drug-likeness (QED) is 0.777. The van der Waals surface area contributed by atoms with E-state index in [1.54, 1.807) is 0 Å². The molecule has 1 aromatic rings. The lowest BCUT2D eigenvalue weighted by Gasteiger charge is -2.35. The summed E-state index contributed by atoms with van der Waals surface area (Å²) in [7, 11) is 0. The van der Waals surface area contributed by atoms with Crippen molar-refractivity contribution in [1.82, 2.24) is 10.2 Å². The van der Waals surface area contributed by atoms with Crippen LogP contribution in [0, 0.1) is 5.82 Å². The minimum atomic E-state index is -4.54. The van der Waals surface area contributed by atoms with Crippen LogP contribution in [0.25, 0.3) is 0 Å². The molecular weight excluding hydrogens is 332 g/mol. The molecule has 1 heterocycles. The van der Waals surface area contributed by atoms with E-state index in [1.807, 2.05) is 11.8 Å². The van der Waals surface area contributed by atoms with Gasteiger partial charge in [-0.25, -0.2) is 4.39 Å². The molecule has 2 rings (SSSR count). The van der Waals surface area contributed by atoms with E-state index in [4.69, 9.17) is 11.6 Å². The van der Waals surface area contributed by atoms with Crippen LogP contribution in [-0.2, 0) is 6.18 Å². The van der Waals surface area contributed by atoms with E-state index < -0.39 is 22.6 Å². The van der Waals surface area contributed by atoms with Gasteiger partial charge in [0.15, 0.2) is 0 Å². The molecule has 1 saturated heterocycles. The maximum Gasteiger partial charge on any atom is 0.416 e. The zero-order chi connectivity index (χ0) is 17.0. The Hall–Kier alpha value is -0.850. The smallest absolute Gasteiger partial charge is 0.314 e. The third kappa shape index (κ3) is 4.58. The Morgan fingerprint density at radius 3 is 2.48 bits per heavy atom. The summed E-state index contributed by atoms with van der Waals surface area (Å²) in [5.74, 6) is -0.737. The molecule has 0 spiro atoms. The molecule has 0 aliphatic carbocycles. The Labute approximate surface area is 138 Å². The van der Waals surface area contributed by atoms with Crippen molar-refractivity contribution in [3.05, 3.63) is 34.1 Å². The number of unbranched alkanes of at least 4 members (excludes halogenated alkanes) is 1. The van der Waals surface area contributed by atoms with Crippen molar-refractivity contribution in [3.8, 4) is 0 Å². The van der Waals surface area contributed by atoms with Gasteiger partial charge in [-0.2, -0.15) is 13.2 Å². The predicted molar refractivity (Wildman–Crippen MR) is 83.1 cm³/mol. The normalized spacial score (nSPS) is 18.2. The zero-order valence-corrected chi connectivity index (χ0v) is 13.8. The Morgan fingerprint density at radius 1 is 1.26 bits per heavy atom. The molecule has 130 valence electrons. The van der Waals surface area contributed by atoms with Crippen molar-refractivity contribution in [2.75, 3.05) is 26.2 Å². The van der Waals surface area contributed by atoms with E-state index in [1.165, 1.54) is 0 Å². The van der Waals surface area contributed by atoms with Crippen molar-refractivity contribution in [2.24, 2.45) is 0 Å². The summed E-state index contributed by atoms with van der Waals surface area (Å²) in [5, 5.41) is 2.73. The first-order chi connectivity index (χ1) is 10.8. The average molecular weight is 353 g/mol. The number of nitrogens with zero attached hydrogens (tertiary/aromatic N) is 1. The number of hydrogen-bond donors (Lipinski definition) is 1. The van der Waals surface area contributed by atoms with Gasteiger partial charge < -0.3 is 5.32 Å². The third-order valence-electron chi connectivity index (χ3n) is 4.17. The molecule has 1 atom stereocenters. The average Bonchev–Trinajstić information content (AvgIpc) is 2.51. The van der Waals surface area contributed by atoms with Gasteiger partial charge in [-0.1, -0.05) is 31.4 Å². The number of rotatable bonds is 5. The first kappa shape index (κ1) is 18.5. The van der Waals surface area contributed by atoms with E-state index in [0.717, 1.165) is 32.0 Å². The van der Waals surface area contributed by atoms with Gasteiger partial charge in [-0.3, -0.25) is 4.90 Å². The SMILES string of the molecule is CCCC[C@H](c1cc(C(F)(F)F)cc(Cl)c1F)N1CCNCC1. The molecule has 0 unspecified atom stereocenters. The summed E-state index contributed by atoms with van der Waals surface area (Å²) in [5.41, 5.74) is -0.837. The topological polar surface area (TPSA) is 15.3 Å². The second-order valence-electron chi connectivity index (χ2n) is 5.80. The largest absolute Gasteiger partial charge is 0.416 e. The van der Waals surface area contributed by atoms with Crippen LogP contribution < -0.4 is 5.32 Å². The van der Waals surface area contributed by atoms with Crippen LogP contribution in [0.5, 0.6) is 0 Å². The van der Waals surface area contributed by atoms with Crippen LogP contribution >= 0.6 is 11.6 Å². The molecule has 1 N–H and O–H groups in total. The lowest BCUT2D eigenvalue weighted by molar-refractivity contribution is -0.137. The monoisotopic (exact) mass is 352 g/mol. The van der Waals surface area contributed by atoms with Gasteiger partial charge in [0, 0.05) is 37.8 Å². The minimum absolute atomic E-state index is 0.0557. The molecule has 7 heteroatoms. The predicted octanol–water partition coefficient (Wildman–Crippen LogP) is 4.63. The lowest BCUT2D eigenvalue weighted by Crippen LogP contribution is -2.45. The maximum absolute atomic E-state index is 14.5. The van der Waals surface area contributed by atoms with Gasteiger partial charge in [0.25, 0.3) is 0 Å². The Morgan fingerprint density at radius 2 is 1.91 bits per heavy atom. The molecule has 0 aromatic heterocycles. The molecule has 0 saturated carbocycles. The van der Waals surface area contributed by atoms with Crippen LogP contribution in [-0.4, -0.2) is 31.1 Å². The van der Waals surface area contributed by atoms with Crippen molar-refractivity contribution >= 4 is 11.6 Å². The first-order valence-corrected chi connectivity index (χ1v) is 8.23. The molecule has 0 radical (unpaired) electrons. The number of benzene rings is 1. The summed E-state index contributed by atoms with van der Waals surface area (Å²) in [6.45, 7) is 4.86. The number of nitrogens with one attached hydrogen (secondary N) is 1. The molecule has 1 aliphatic heterocycles. The van der Waals surface area contributed by atoms with Gasteiger partial charge in [-0.15, -0.1) is 0 Å². The van der Waals surface area contributed by atoms with Crippen molar-refractivity contribution in [3.63, 3.8) is 0 Å². The van der Waals surface area contributed by atoms with Crippen LogP contribution in [0.4, 0.5) is 17.6 Å². The molecule has 1 aromatic carbocycles. The molecule has 23 heavy (non-hydrogen) atoms. The summed E-state index contributed by atoms with van der Waals surface area (Å²) < 4.78 is 53.6. The second-order valence-corrected chi connectivity index (χ2v) is 6.21. The number of alkyl halides is 3. The first-order valence-electron chi connectivity index (χ1n) is 7.85. The second kappa shape index (κ2) is 7.81. The Kier molecular flexibility index (Phi) is 6.28. The summed E-state index contributed by atoms with van der Waals surface area (Å²) >= 11 is 5.74. The van der Waals surface area contributed by atoms with Gasteiger partial charge >= 0.3 is 6.18 Å². The van der Waals surface area contributed by atoms with E-state index >= 15 is 0 Å². The zero-order valence-electron chi connectivity index (χ0n) is 13.0. The molecule has 2 nitrogen and oxygen atoms in total. The van der Waals surface area contributed by atoms with Crippen molar-refractivity contribution in [2.45, 2.75) is 38.4 Å². The van der Waals surface area contributed by atoms with Crippen molar-refractivity contribution < 1.29 is 17.6 Å². The van der Waals surface area contributed by atoms with Crippen LogP contribution in [0.3, 0.4) is 0 Å². The Bertz CT molecular complexity index is 528. The minimum Gasteiger partial charge on any atom is -0.314 e. The van der Waals surface area contributed by atoms with E-state index in [2.05, 4.69) is 5.32 Å². The summed E-state index contributed by atoms with van der Waals surface area (Å²) in [4.78, 5) is 2.04. The van der Waals surface area contributed by atoms with Crippen LogP contribution in [0.15, 0.2) is 12.1 Å². The molecular formula is C16H21ClF4N2. The fourth-order valence-corrected chi connectivity index (χ4v) is 3.17. The number of halogens is 5. The van der Waals surface area contributed by atoms with Gasteiger partial charge in [0.2, 0.25) is 0 Å². The third-order valence-corrected chi connectivity index (χ3v) is 4.44.